The van der Waals surface area contributed by atoms with E-state index in [-0.39, 0.29) is 5.91 Å². The van der Waals surface area contributed by atoms with Crippen LogP contribution < -0.4 is 5.32 Å². The van der Waals surface area contributed by atoms with Gasteiger partial charge in [-0.25, -0.2) is 0 Å². The average Bonchev–Trinajstić information content (AvgIpc) is 2.40. The summed E-state index contributed by atoms with van der Waals surface area (Å²) in [7, 11) is 0. The minimum Gasteiger partial charge on any atom is -0.343 e. The number of nitrogens with one attached hydrogen (secondary N) is 1. The SMILES string of the molecule is CCC1CCCCC1NC1CCN(C(C)=O)CC1. The number of hydrogen-bond donors (Lipinski definition) is 1. The van der Waals surface area contributed by atoms with Gasteiger partial charge in [0.1, 0.15) is 0 Å². The molecule has 0 bridgehead atoms. The normalized spacial score (nSPS) is 30.4. The lowest BCUT2D eigenvalue weighted by Gasteiger charge is -2.38. The van der Waals surface area contributed by atoms with Crippen LogP contribution in [0.25, 0.3) is 0 Å². The first-order valence-corrected chi connectivity index (χ1v) is 7.72. The Morgan fingerprint density at radius 1 is 1.17 bits per heavy atom. The van der Waals surface area contributed by atoms with Crippen molar-refractivity contribution in [1.29, 1.82) is 0 Å². The summed E-state index contributed by atoms with van der Waals surface area (Å²) in [6, 6.07) is 1.37. The van der Waals surface area contributed by atoms with Gasteiger partial charge in [-0.15, -0.1) is 0 Å². The first-order chi connectivity index (χ1) is 8.70. The van der Waals surface area contributed by atoms with Crippen LogP contribution in [0, 0.1) is 5.92 Å². The van der Waals surface area contributed by atoms with Gasteiger partial charge in [-0.2, -0.15) is 0 Å². The Morgan fingerprint density at radius 2 is 1.83 bits per heavy atom. The first-order valence-electron chi connectivity index (χ1n) is 7.72. The fourth-order valence-corrected chi connectivity index (χ4v) is 3.58. The molecule has 1 saturated carbocycles. The second kappa shape index (κ2) is 6.55. The summed E-state index contributed by atoms with van der Waals surface area (Å²) in [6.07, 6.45) is 9.13. The van der Waals surface area contributed by atoms with Gasteiger partial charge in [-0.05, 0) is 31.6 Å². The molecular formula is C15H28N2O. The van der Waals surface area contributed by atoms with E-state index in [1.54, 1.807) is 6.92 Å². The molecule has 0 radical (unpaired) electrons. The molecule has 0 spiro atoms. The second-order valence-corrected chi connectivity index (χ2v) is 6.01. The highest BCUT2D eigenvalue weighted by atomic mass is 16.2. The number of carbonyl (C=O) groups excluding carboxylic acids is 1. The van der Waals surface area contributed by atoms with Crippen LogP contribution in [0.4, 0.5) is 0 Å². The fourth-order valence-electron chi connectivity index (χ4n) is 3.58. The van der Waals surface area contributed by atoms with Gasteiger partial charge in [0.2, 0.25) is 5.91 Å². The molecule has 2 rings (SSSR count). The predicted molar refractivity (Wildman–Crippen MR) is 74.4 cm³/mol. The molecule has 1 saturated heterocycles. The van der Waals surface area contributed by atoms with Crippen molar-refractivity contribution in [3.63, 3.8) is 0 Å². The monoisotopic (exact) mass is 252 g/mol. The third-order valence-corrected chi connectivity index (χ3v) is 4.82. The number of nitrogens with zero attached hydrogens (tertiary/aromatic N) is 1. The van der Waals surface area contributed by atoms with E-state index in [9.17, 15) is 4.79 Å². The van der Waals surface area contributed by atoms with E-state index in [2.05, 4.69) is 12.2 Å². The summed E-state index contributed by atoms with van der Waals surface area (Å²) in [5, 5.41) is 3.88. The van der Waals surface area contributed by atoms with E-state index in [0.29, 0.717) is 6.04 Å². The van der Waals surface area contributed by atoms with E-state index in [1.807, 2.05) is 4.90 Å². The third kappa shape index (κ3) is 3.47. The summed E-state index contributed by atoms with van der Waals surface area (Å²) in [6.45, 7) is 5.89. The smallest absolute Gasteiger partial charge is 0.219 e. The Labute approximate surface area is 111 Å². The van der Waals surface area contributed by atoms with Crippen LogP contribution in [0.3, 0.4) is 0 Å². The molecule has 3 heteroatoms. The average molecular weight is 252 g/mol. The van der Waals surface area contributed by atoms with Crippen molar-refractivity contribution in [2.75, 3.05) is 13.1 Å². The van der Waals surface area contributed by atoms with Gasteiger partial charge in [0.25, 0.3) is 0 Å². The minimum absolute atomic E-state index is 0.234. The lowest BCUT2D eigenvalue weighted by molar-refractivity contribution is -0.129. The maximum Gasteiger partial charge on any atom is 0.219 e. The van der Waals surface area contributed by atoms with Crippen LogP contribution in [-0.2, 0) is 4.79 Å². The van der Waals surface area contributed by atoms with Crippen LogP contribution in [0.1, 0.15) is 58.8 Å². The zero-order valence-electron chi connectivity index (χ0n) is 12.0. The molecule has 1 N–H and O–H groups in total. The fraction of sp³-hybridized carbons (Fsp3) is 0.933. The Hall–Kier alpha value is -0.570. The number of piperidine rings is 1. The molecule has 1 heterocycles. The quantitative estimate of drug-likeness (QED) is 0.837. The molecule has 0 aromatic carbocycles. The summed E-state index contributed by atoms with van der Waals surface area (Å²) in [4.78, 5) is 13.3. The van der Waals surface area contributed by atoms with E-state index >= 15 is 0 Å². The second-order valence-electron chi connectivity index (χ2n) is 6.01. The van der Waals surface area contributed by atoms with Crippen LogP contribution in [0.2, 0.25) is 0 Å². The molecule has 2 atom stereocenters. The topological polar surface area (TPSA) is 32.3 Å². The van der Waals surface area contributed by atoms with E-state index in [0.717, 1.165) is 37.9 Å². The molecule has 0 aromatic heterocycles. The molecule has 1 aliphatic carbocycles. The molecule has 1 amide bonds. The van der Waals surface area contributed by atoms with Crippen molar-refractivity contribution < 1.29 is 4.79 Å². The molecule has 2 unspecified atom stereocenters. The molecule has 1 aliphatic heterocycles. The largest absolute Gasteiger partial charge is 0.343 e. The van der Waals surface area contributed by atoms with Gasteiger partial charge in [-0.1, -0.05) is 26.2 Å². The minimum atomic E-state index is 0.234. The van der Waals surface area contributed by atoms with Gasteiger partial charge in [-0.3, -0.25) is 4.79 Å². The third-order valence-electron chi connectivity index (χ3n) is 4.82. The van der Waals surface area contributed by atoms with Crippen LogP contribution >= 0.6 is 0 Å². The van der Waals surface area contributed by atoms with Gasteiger partial charge in [0, 0.05) is 32.1 Å². The van der Waals surface area contributed by atoms with Crippen molar-refractivity contribution in [3.05, 3.63) is 0 Å². The van der Waals surface area contributed by atoms with Gasteiger partial charge >= 0.3 is 0 Å². The van der Waals surface area contributed by atoms with E-state index in [1.165, 1.54) is 32.1 Å². The zero-order chi connectivity index (χ0) is 13.0. The Bertz CT molecular complexity index is 272. The number of hydrogen-bond acceptors (Lipinski definition) is 2. The first kappa shape index (κ1) is 13.9. The number of amides is 1. The lowest BCUT2D eigenvalue weighted by Crippen LogP contribution is -2.49. The van der Waals surface area contributed by atoms with Gasteiger partial charge in [0.15, 0.2) is 0 Å². The predicted octanol–water partition coefficient (Wildman–Crippen LogP) is 2.56. The molecule has 104 valence electrons. The zero-order valence-corrected chi connectivity index (χ0v) is 12.0. The van der Waals surface area contributed by atoms with Crippen molar-refractivity contribution in [3.8, 4) is 0 Å². The number of likely N-dealkylation sites (tertiary alicyclic amines) is 1. The van der Waals surface area contributed by atoms with Crippen molar-refractivity contribution >= 4 is 5.91 Å². The highest BCUT2D eigenvalue weighted by Crippen LogP contribution is 2.28. The molecule has 2 aliphatic rings. The molecular weight excluding hydrogens is 224 g/mol. The summed E-state index contributed by atoms with van der Waals surface area (Å²) in [5.74, 6) is 1.11. The Balaban J connectivity index is 1.78. The van der Waals surface area contributed by atoms with Gasteiger partial charge in [0.05, 0.1) is 0 Å². The summed E-state index contributed by atoms with van der Waals surface area (Å²) < 4.78 is 0. The van der Waals surface area contributed by atoms with Crippen LogP contribution in [0.15, 0.2) is 0 Å². The summed E-state index contributed by atoms with van der Waals surface area (Å²) in [5.41, 5.74) is 0. The van der Waals surface area contributed by atoms with E-state index in [4.69, 9.17) is 0 Å². The van der Waals surface area contributed by atoms with Crippen molar-refractivity contribution in [2.45, 2.75) is 70.9 Å². The number of rotatable bonds is 3. The highest BCUT2D eigenvalue weighted by molar-refractivity contribution is 5.73. The molecule has 2 fully saturated rings. The molecule has 0 aromatic rings. The molecule has 3 nitrogen and oxygen atoms in total. The highest BCUT2D eigenvalue weighted by Gasteiger charge is 2.27. The van der Waals surface area contributed by atoms with Crippen LogP contribution in [-0.4, -0.2) is 36.0 Å². The Kier molecular flexibility index (Phi) is 5.04. The summed E-state index contributed by atoms with van der Waals surface area (Å²) >= 11 is 0. The Morgan fingerprint density at radius 3 is 2.44 bits per heavy atom. The van der Waals surface area contributed by atoms with Crippen LogP contribution in [0.5, 0.6) is 0 Å². The lowest BCUT2D eigenvalue weighted by atomic mass is 9.82. The van der Waals surface area contributed by atoms with Gasteiger partial charge < -0.3 is 10.2 Å². The standard InChI is InChI=1S/C15H28N2O/c1-3-13-6-4-5-7-15(13)16-14-8-10-17(11-9-14)12(2)18/h13-16H,3-11H2,1-2H3. The maximum atomic E-state index is 11.3. The van der Waals surface area contributed by atoms with Crippen molar-refractivity contribution in [1.82, 2.24) is 10.2 Å². The number of carbonyl (C=O) groups is 1. The van der Waals surface area contributed by atoms with E-state index < -0.39 is 0 Å². The maximum absolute atomic E-state index is 11.3. The molecule has 18 heavy (non-hydrogen) atoms. The van der Waals surface area contributed by atoms with Crippen molar-refractivity contribution in [2.24, 2.45) is 5.92 Å².